The van der Waals surface area contributed by atoms with Crippen LogP contribution < -0.4 is 5.11 Å². The van der Waals surface area contributed by atoms with E-state index < -0.39 is 6.16 Å². The molecule has 4 nitrogen and oxygen atoms in total. The first-order valence-electron chi connectivity index (χ1n) is 5.81. The number of carbonyl (C=O) groups excluding carboxylic acids is 1. The molecule has 0 amide bonds. The second-order valence-corrected chi connectivity index (χ2v) is 4.85. The zero-order valence-electron chi connectivity index (χ0n) is 10.6. The fourth-order valence-electron chi connectivity index (χ4n) is 2.15. The molecule has 1 saturated carbocycles. The molecule has 0 aromatic heterocycles. The lowest BCUT2D eigenvalue weighted by atomic mass is 9.75. The number of carbonyl (C=O) groups is 1. The van der Waals surface area contributed by atoms with Crippen LogP contribution in [0.2, 0.25) is 0 Å². The summed E-state index contributed by atoms with van der Waals surface area (Å²) < 4.78 is 3.56. The van der Waals surface area contributed by atoms with Crippen LogP contribution >= 0.6 is 0 Å². The normalized spacial score (nSPS) is 29.2. The summed E-state index contributed by atoms with van der Waals surface area (Å²) in [5.41, 5.74) is 0. The van der Waals surface area contributed by atoms with Crippen LogP contribution in [0.1, 0.15) is 40.0 Å². The molecule has 0 aromatic rings. The van der Waals surface area contributed by atoms with Gasteiger partial charge in [0.15, 0.2) is 0 Å². The van der Waals surface area contributed by atoms with Crippen molar-refractivity contribution in [1.29, 1.82) is 0 Å². The highest BCUT2D eigenvalue weighted by Crippen LogP contribution is 2.33. The van der Waals surface area contributed by atoms with Crippen molar-refractivity contribution in [2.24, 2.45) is 17.8 Å². The Morgan fingerprint density at radius 1 is 1.44 bits per heavy atom. The van der Waals surface area contributed by atoms with E-state index in [1.807, 2.05) is 0 Å². The number of hydrogen-bond acceptors (Lipinski definition) is 4. The third-order valence-electron chi connectivity index (χ3n) is 3.15. The first-order valence-corrected chi connectivity index (χ1v) is 5.81. The van der Waals surface area contributed by atoms with Crippen LogP contribution in [-0.2, 0) is 4.74 Å². The van der Waals surface area contributed by atoms with Crippen LogP contribution in [0.4, 0.5) is 4.79 Å². The lowest BCUT2D eigenvalue weighted by Crippen LogP contribution is -2.31. The molecule has 1 rings (SSSR count). The van der Waals surface area contributed by atoms with Gasteiger partial charge in [-0.2, -0.15) is 0 Å². The molecule has 1 N–H and O–H groups in total. The number of aliphatic hydroxyl groups is 1. The number of hydrogen-bond donors (Lipinski definition) is 1. The van der Waals surface area contributed by atoms with E-state index in [1.54, 1.807) is 0 Å². The molecule has 0 spiro atoms. The Morgan fingerprint density at radius 2 is 1.94 bits per heavy atom. The highest BCUT2D eigenvalue weighted by atomic mass is 16.6. The standard InChI is InChI=1S/C10H20O.C2H4O3/c1-7(2)9-5-4-8(3)6-10(9)11;1-5-2(3)4/h7-11H,4-6H2,1-3H3;1H3,(H,3,4)/p-1. The van der Waals surface area contributed by atoms with Crippen molar-refractivity contribution in [3.63, 3.8) is 0 Å². The molecular weight excluding hydrogens is 208 g/mol. The molecule has 1 aliphatic rings. The second-order valence-electron chi connectivity index (χ2n) is 4.85. The van der Waals surface area contributed by atoms with Gasteiger partial charge in [0.2, 0.25) is 0 Å². The van der Waals surface area contributed by atoms with Gasteiger partial charge in [0.25, 0.3) is 6.16 Å². The molecule has 0 heterocycles. The highest BCUT2D eigenvalue weighted by Gasteiger charge is 2.28. The molecule has 0 aliphatic heterocycles. The van der Waals surface area contributed by atoms with Crippen LogP contribution in [0.15, 0.2) is 0 Å². The first kappa shape index (κ1) is 15.2. The van der Waals surface area contributed by atoms with Crippen molar-refractivity contribution in [3.8, 4) is 0 Å². The van der Waals surface area contributed by atoms with E-state index in [0.29, 0.717) is 11.8 Å². The number of aliphatic hydroxyl groups excluding tert-OH is 1. The topological polar surface area (TPSA) is 69.6 Å². The highest BCUT2D eigenvalue weighted by molar-refractivity contribution is 5.53. The molecule has 1 aliphatic carbocycles. The summed E-state index contributed by atoms with van der Waals surface area (Å²) in [4.78, 5) is 9.03. The van der Waals surface area contributed by atoms with Crippen LogP contribution in [0.5, 0.6) is 0 Å². The lowest BCUT2D eigenvalue weighted by molar-refractivity contribution is -0.279. The minimum absolute atomic E-state index is 0.0289. The average molecular weight is 231 g/mol. The van der Waals surface area contributed by atoms with Crippen molar-refractivity contribution < 1.29 is 19.7 Å². The minimum Gasteiger partial charge on any atom is -0.553 e. The molecule has 3 unspecified atom stereocenters. The van der Waals surface area contributed by atoms with Gasteiger partial charge in [-0.15, -0.1) is 0 Å². The summed E-state index contributed by atoms with van der Waals surface area (Å²) in [5, 5.41) is 18.7. The van der Waals surface area contributed by atoms with Gasteiger partial charge in [-0.25, -0.2) is 0 Å². The smallest absolute Gasteiger partial charge is 0.251 e. The molecule has 0 saturated heterocycles. The van der Waals surface area contributed by atoms with E-state index in [1.165, 1.54) is 12.8 Å². The summed E-state index contributed by atoms with van der Waals surface area (Å²) in [6.07, 6.45) is 2.02. The fraction of sp³-hybridized carbons (Fsp3) is 0.917. The van der Waals surface area contributed by atoms with Crippen LogP contribution in [0.25, 0.3) is 0 Å². The van der Waals surface area contributed by atoms with Gasteiger partial charge in [-0.3, -0.25) is 0 Å². The van der Waals surface area contributed by atoms with Crippen molar-refractivity contribution >= 4 is 6.16 Å². The lowest BCUT2D eigenvalue weighted by Gasteiger charge is -2.33. The van der Waals surface area contributed by atoms with Crippen molar-refractivity contribution in [3.05, 3.63) is 0 Å². The van der Waals surface area contributed by atoms with Gasteiger partial charge in [0.1, 0.15) is 0 Å². The predicted octanol–water partition coefficient (Wildman–Crippen LogP) is 1.42. The van der Waals surface area contributed by atoms with Gasteiger partial charge >= 0.3 is 0 Å². The quantitative estimate of drug-likeness (QED) is 0.693. The van der Waals surface area contributed by atoms with Gasteiger partial charge in [-0.05, 0) is 30.6 Å². The maximum Gasteiger partial charge on any atom is 0.251 e. The van der Waals surface area contributed by atoms with E-state index in [-0.39, 0.29) is 6.10 Å². The van der Waals surface area contributed by atoms with Gasteiger partial charge < -0.3 is 19.7 Å². The summed E-state index contributed by atoms with van der Waals surface area (Å²) in [6, 6.07) is 0. The number of rotatable bonds is 1. The Morgan fingerprint density at radius 3 is 2.25 bits per heavy atom. The van der Waals surface area contributed by atoms with Gasteiger partial charge in [-0.1, -0.05) is 27.2 Å². The molecular formula is C12H23O4-. The van der Waals surface area contributed by atoms with Gasteiger partial charge in [0, 0.05) is 7.11 Å². The maximum absolute atomic E-state index is 9.71. The van der Waals surface area contributed by atoms with Crippen LogP contribution in [0.3, 0.4) is 0 Å². The zero-order valence-corrected chi connectivity index (χ0v) is 10.6. The summed E-state index contributed by atoms with van der Waals surface area (Å²) in [6.45, 7) is 6.66. The molecule has 0 aromatic carbocycles. The summed E-state index contributed by atoms with van der Waals surface area (Å²) >= 11 is 0. The van der Waals surface area contributed by atoms with E-state index >= 15 is 0 Å². The Labute approximate surface area is 97.6 Å². The molecule has 0 bridgehead atoms. The van der Waals surface area contributed by atoms with Gasteiger partial charge in [0.05, 0.1) is 6.10 Å². The third kappa shape index (κ3) is 5.95. The molecule has 96 valence electrons. The van der Waals surface area contributed by atoms with Crippen LogP contribution in [0, 0.1) is 17.8 Å². The SMILES string of the molecule is CC1CCC(C(C)C)C(O)C1.COC(=O)[O-]. The summed E-state index contributed by atoms with van der Waals surface area (Å²) in [7, 11) is 1.04. The number of methoxy groups -OCH3 is 1. The molecule has 3 atom stereocenters. The Balaban J connectivity index is 0.000000385. The number of carboxylic acid groups (broad SMARTS) is 1. The molecule has 4 heteroatoms. The molecule has 0 radical (unpaired) electrons. The predicted molar refractivity (Wildman–Crippen MR) is 59.8 cm³/mol. The Kier molecular flexibility index (Phi) is 7.13. The largest absolute Gasteiger partial charge is 0.553 e. The van der Waals surface area contributed by atoms with Crippen LogP contribution in [-0.4, -0.2) is 24.5 Å². The fourth-order valence-corrected chi connectivity index (χ4v) is 2.15. The average Bonchev–Trinajstić information content (AvgIpc) is 2.17. The molecule has 16 heavy (non-hydrogen) atoms. The Hall–Kier alpha value is -0.770. The summed E-state index contributed by atoms with van der Waals surface area (Å²) in [5.74, 6) is 1.95. The van der Waals surface area contributed by atoms with E-state index in [9.17, 15) is 5.11 Å². The van der Waals surface area contributed by atoms with E-state index in [4.69, 9.17) is 9.90 Å². The maximum atomic E-state index is 9.71. The first-order chi connectivity index (χ1) is 7.38. The van der Waals surface area contributed by atoms with Crippen molar-refractivity contribution in [2.75, 3.05) is 7.11 Å². The Bertz CT molecular complexity index is 203. The zero-order chi connectivity index (χ0) is 12.7. The second kappa shape index (κ2) is 7.49. The monoisotopic (exact) mass is 231 g/mol. The third-order valence-corrected chi connectivity index (χ3v) is 3.15. The minimum atomic E-state index is -1.50. The number of ether oxygens (including phenoxy) is 1. The van der Waals surface area contributed by atoms with Crippen molar-refractivity contribution in [1.82, 2.24) is 0 Å². The van der Waals surface area contributed by atoms with E-state index in [2.05, 4.69) is 25.5 Å². The van der Waals surface area contributed by atoms with Crippen molar-refractivity contribution in [2.45, 2.75) is 46.1 Å². The molecule has 1 fully saturated rings. The van der Waals surface area contributed by atoms with E-state index in [0.717, 1.165) is 19.4 Å².